The molecule has 0 unspecified atom stereocenters. The van der Waals surface area contributed by atoms with Gasteiger partial charge in [-0.25, -0.2) is 4.39 Å². The predicted molar refractivity (Wildman–Crippen MR) is 22.9 cm³/mol. The van der Waals surface area contributed by atoms with E-state index in [0.29, 0.717) is 0 Å². The second-order valence-corrected chi connectivity index (χ2v) is 1.34. The van der Waals surface area contributed by atoms with E-state index in [0.717, 1.165) is 4.90 Å². The number of nitrogens with zero attached hydrogens (tertiary/aromatic N) is 1. The molecule has 0 aliphatic heterocycles. The van der Waals surface area contributed by atoms with Crippen LogP contribution >= 0.6 is 0 Å². The van der Waals surface area contributed by atoms with E-state index in [1.54, 1.807) is 0 Å². The van der Waals surface area contributed by atoms with Crippen LogP contribution in [0.15, 0.2) is 12.2 Å². The van der Waals surface area contributed by atoms with Crippen molar-refractivity contribution in [3.8, 4) is 0 Å². The molecule has 0 N–H and O–H groups in total. The van der Waals surface area contributed by atoms with E-state index in [2.05, 4.69) is 0 Å². The summed E-state index contributed by atoms with van der Waals surface area (Å²) in [7, 11) is 2.97. The Morgan fingerprint density at radius 2 is 2.00 bits per heavy atom. The van der Waals surface area contributed by atoms with Crippen molar-refractivity contribution in [3.63, 3.8) is 0 Å². The molecule has 0 aliphatic carbocycles. The summed E-state index contributed by atoms with van der Waals surface area (Å²) < 4.78 is 11.1. The first-order valence-corrected chi connectivity index (χ1v) is 1.83. The third kappa shape index (κ3) is 4.04. The van der Waals surface area contributed by atoms with Gasteiger partial charge in [0.25, 0.3) is 0 Å². The Morgan fingerprint density at radius 1 is 1.62 bits per heavy atom. The van der Waals surface area contributed by atoms with Gasteiger partial charge in [-0.15, -0.1) is 0 Å². The first-order valence-electron chi connectivity index (χ1n) is 1.83. The minimum atomic E-state index is -0.611. The minimum Gasteiger partial charge on any atom is -0.859 e. The van der Waals surface area contributed by atoms with Crippen molar-refractivity contribution in [2.45, 2.75) is 0 Å². The SMILES string of the molecule is CN(C)/C([O-])=C/F.[Li+]. The average molecular weight is 111 g/mol. The molecule has 0 aliphatic rings. The third-order valence-corrected chi connectivity index (χ3v) is 0.534. The van der Waals surface area contributed by atoms with Crippen LogP contribution in [-0.2, 0) is 0 Å². The number of hydrogen-bond acceptors (Lipinski definition) is 2. The predicted octanol–water partition coefficient (Wildman–Crippen LogP) is -3.32. The molecule has 0 amide bonds. The maximum absolute atomic E-state index is 11.1. The Labute approximate surface area is 60.2 Å². The van der Waals surface area contributed by atoms with Gasteiger partial charge in [-0.3, -0.25) is 0 Å². The molecule has 0 radical (unpaired) electrons. The molecule has 0 saturated heterocycles. The van der Waals surface area contributed by atoms with Crippen molar-refractivity contribution < 1.29 is 28.4 Å². The molecule has 0 aromatic carbocycles. The van der Waals surface area contributed by atoms with Crippen molar-refractivity contribution in [2.75, 3.05) is 14.1 Å². The van der Waals surface area contributed by atoms with Gasteiger partial charge in [0.15, 0.2) is 0 Å². The topological polar surface area (TPSA) is 26.3 Å². The zero-order chi connectivity index (χ0) is 5.86. The van der Waals surface area contributed by atoms with Crippen molar-refractivity contribution in [2.24, 2.45) is 0 Å². The fourth-order valence-electron chi connectivity index (χ4n) is 0.0976. The van der Waals surface area contributed by atoms with Crippen LogP contribution in [-0.4, -0.2) is 19.0 Å². The van der Waals surface area contributed by atoms with Gasteiger partial charge in [-0.1, -0.05) is 0 Å². The number of hydrogen-bond donors (Lipinski definition) is 0. The summed E-state index contributed by atoms with van der Waals surface area (Å²) in [4.78, 5) is 1.15. The zero-order valence-electron chi connectivity index (χ0n) is 5.31. The summed E-state index contributed by atoms with van der Waals surface area (Å²) >= 11 is 0. The van der Waals surface area contributed by atoms with Crippen molar-refractivity contribution in [1.82, 2.24) is 4.90 Å². The molecule has 2 nitrogen and oxygen atoms in total. The van der Waals surface area contributed by atoms with E-state index in [1.807, 2.05) is 0 Å². The maximum atomic E-state index is 11.1. The van der Waals surface area contributed by atoms with Crippen LogP contribution in [0.3, 0.4) is 0 Å². The van der Waals surface area contributed by atoms with Crippen LogP contribution in [0.1, 0.15) is 0 Å². The summed E-state index contributed by atoms with van der Waals surface area (Å²) in [5, 5.41) is 10.0. The van der Waals surface area contributed by atoms with Gasteiger partial charge in [-0.2, -0.15) is 0 Å². The fourth-order valence-corrected chi connectivity index (χ4v) is 0.0976. The Bertz CT molecular complexity index is 84.1. The average Bonchev–Trinajstić information content (AvgIpc) is 1.65. The van der Waals surface area contributed by atoms with Gasteiger partial charge in [0, 0.05) is 14.1 Å². The van der Waals surface area contributed by atoms with Gasteiger partial charge >= 0.3 is 18.9 Å². The molecule has 0 fully saturated rings. The Balaban J connectivity index is 0. The van der Waals surface area contributed by atoms with E-state index in [-0.39, 0.29) is 25.2 Å². The summed E-state index contributed by atoms with van der Waals surface area (Å²) in [6.45, 7) is 0. The van der Waals surface area contributed by atoms with Gasteiger partial charge in [0.2, 0.25) is 0 Å². The van der Waals surface area contributed by atoms with Crippen molar-refractivity contribution in [1.29, 1.82) is 0 Å². The van der Waals surface area contributed by atoms with E-state index >= 15 is 0 Å². The Kier molecular flexibility index (Phi) is 6.75. The molecule has 8 heavy (non-hydrogen) atoms. The molecule has 4 heteroatoms. The molecule has 0 saturated carbocycles. The second kappa shape index (κ2) is 5.01. The van der Waals surface area contributed by atoms with Crippen LogP contribution in [0.4, 0.5) is 4.39 Å². The minimum absolute atomic E-state index is 0. The summed E-state index contributed by atoms with van der Waals surface area (Å²) in [6.07, 6.45) is 0.0278. The fraction of sp³-hybridized carbons (Fsp3) is 0.500. The van der Waals surface area contributed by atoms with Crippen LogP contribution in [0, 0.1) is 0 Å². The van der Waals surface area contributed by atoms with Gasteiger partial charge in [-0.05, 0) is 5.88 Å². The summed E-state index contributed by atoms with van der Waals surface area (Å²) in [5.74, 6) is -0.611. The first kappa shape index (κ1) is 10.8. The van der Waals surface area contributed by atoms with Gasteiger partial charge in [0.05, 0.1) is 6.33 Å². The zero-order valence-corrected chi connectivity index (χ0v) is 5.31. The largest absolute Gasteiger partial charge is 1.00 e. The monoisotopic (exact) mass is 111 g/mol. The molecular weight excluding hydrogens is 104 g/mol. The maximum Gasteiger partial charge on any atom is 1.00 e. The molecule has 0 spiro atoms. The smallest absolute Gasteiger partial charge is 0.859 e. The molecule has 0 bridgehead atoms. The van der Waals surface area contributed by atoms with Gasteiger partial charge < -0.3 is 10.0 Å². The Hall–Kier alpha value is -0.133. The molecule has 0 heterocycles. The summed E-state index contributed by atoms with van der Waals surface area (Å²) in [5.41, 5.74) is 0. The standard InChI is InChI=1S/C4H8FNO.Li/c1-6(2)4(7)3-5;/h3,7H,1-2H3;/q;+1/p-1/b4-3-;. The summed E-state index contributed by atoms with van der Waals surface area (Å²) in [6, 6.07) is 0. The van der Waals surface area contributed by atoms with E-state index in [4.69, 9.17) is 0 Å². The van der Waals surface area contributed by atoms with Crippen LogP contribution in [0.25, 0.3) is 0 Å². The van der Waals surface area contributed by atoms with Crippen molar-refractivity contribution >= 4 is 0 Å². The third-order valence-electron chi connectivity index (χ3n) is 0.534. The second-order valence-electron chi connectivity index (χ2n) is 1.34. The van der Waals surface area contributed by atoms with Crippen LogP contribution in [0.5, 0.6) is 0 Å². The molecule has 42 valence electrons. The molecular formula is C4H7FLiNO. The Morgan fingerprint density at radius 3 is 2.00 bits per heavy atom. The first-order chi connectivity index (χ1) is 3.18. The number of rotatable bonds is 1. The molecule has 0 aromatic rings. The molecule has 0 atom stereocenters. The van der Waals surface area contributed by atoms with E-state index in [1.165, 1.54) is 14.1 Å². The molecule has 0 rings (SSSR count). The van der Waals surface area contributed by atoms with Crippen molar-refractivity contribution in [3.05, 3.63) is 12.2 Å². The molecule has 0 aromatic heterocycles. The van der Waals surface area contributed by atoms with E-state index in [9.17, 15) is 9.50 Å². The van der Waals surface area contributed by atoms with Gasteiger partial charge in [0.1, 0.15) is 0 Å². The number of halogens is 1. The van der Waals surface area contributed by atoms with Crippen LogP contribution < -0.4 is 24.0 Å². The van der Waals surface area contributed by atoms with Crippen LogP contribution in [0.2, 0.25) is 0 Å². The normalized spacial score (nSPS) is 10.1. The quantitative estimate of drug-likeness (QED) is 0.261. The van der Waals surface area contributed by atoms with E-state index < -0.39 is 5.88 Å².